The van der Waals surface area contributed by atoms with Crippen LogP contribution in [0.25, 0.3) is 10.9 Å². The molecule has 4 aromatic rings. The molecule has 3 nitrogen and oxygen atoms in total. The number of hydrogen-bond donors (Lipinski definition) is 1. The van der Waals surface area contributed by atoms with Gasteiger partial charge >= 0.3 is 0 Å². The second-order valence-corrected chi connectivity index (χ2v) is 6.58. The maximum absolute atomic E-state index is 4.42. The summed E-state index contributed by atoms with van der Waals surface area (Å²) in [6.07, 6.45) is 4.62. The first-order valence-corrected chi connectivity index (χ1v) is 9.44. The molecule has 3 heteroatoms. The van der Waals surface area contributed by atoms with Crippen molar-refractivity contribution in [1.82, 2.24) is 15.3 Å². The third-order valence-electron chi connectivity index (χ3n) is 4.60. The quantitative estimate of drug-likeness (QED) is 0.423. The SMILES string of the molecule is C(#Cc1ccccn1)c1ccc(CCNCc2ccnc3ccccc23)cc1. The predicted octanol–water partition coefficient (Wildman–Crippen LogP) is 4.36. The van der Waals surface area contributed by atoms with E-state index >= 15 is 0 Å². The highest BCUT2D eigenvalue weighted by atomic mass is 14.8. The topological polar surface area (TPSA) is 37.8 Å². The molecule has 2 aromatic heterocycles. The van der Waals surface area contributed by atoms with Gasteiger partial charge in [0.25, 0.3) is 0 Å². The molecule has 0 aliphatic rings. The van der Waals surface area contributed by atoms with Crippen LogP contribution in [0.2, 0.25) is 0 Å². The van der Waals surface area contributed by atoms with Crippen LogP contribution in [0.1, 0.15) is 22.4 Å². The van der Waals surface area contributed by atoms with Gasteiger partial charge in [-0.1, -0.05) is 42.3 Å². The molecule has 0 atom stereocenters. The number of nitrogens with one attached hydrogen (secondary N) is 1. The Morgan fingerprint density at radius 1 is 0.750 bits per heavy atom. The Morgan fingerprint density at radius 3 is 2.46 bits per heavy atom. The zero-order valence-electron chi connectivity index (χ0n) is 15.6. The van der Waals surface area contributed by atoms with Crippen LogP contribution in [-0.4, -0.2) is 16.5 Å². The fourth-order valence-corrected chi connectivity index (χ4v) is 3.09. The van der Waals surface area contributed by atoms with Gasteiger partial charge < -0.3 is 5.32 Å². The number of rotatable bonds is 5. The van der Waals surface area contributed by atoms with Gasteiger partial charge in [-0.05, 0) is 66.4 Å². The maximum Gasteiger partial charge on any atom is 0.113 e. The van der Waals surface area contributed by atoms with Gasteiger partial charge in [0.2, 0.25) is 0 Å². The third-order valence-corrected chi connectivity index (χ3v) is 4.60. The summed E-state index contributed by atoms with van der Waals surface area (Å²) >= 11 is 0. The highest BCUT2D eigenvalue weighted by Gasteiger charge is 2.01. The number of para-hydroxylation sites is 1. The van der Waals surface area contributed by atoms with Gasteiger partial charge in [0, 0.05) is 29.9 Å². The van der Waals surface area contributed by atoms with Crippen molar-refractivity contribution in [3.63, 3.8) is 0 Å². The Balaban J connectivity index is 1.30. The minimum atomic E-state index is 0.791. The van der Waals surface area contributed by atoms with E-state index in [1.807, 2.05) is 30.5 Å². The second-order valence-electron chi connectivity index (χ2n) is 6.58. The van der Waals surface area contributed by atoms with E-state index in [-0.39, 0.29) is 0 Å². The van der Waals surface area contributed by atoms with Crippen LogP contribution in [0.5, 0.6) is 0 Å². The summed E-state index contributed by atoms with van der Waals surface area (Å²) in [6, 6.07) is 24.5. The molecule has 0 amide bonds. The van der Waals surface area contributed by atoms with Gasteiger partial charge in [-0.15, -0.1) is 0 Å². The molecular weight excluding hydrogens is 342 g/mol. The largest absolute Gasteiger partial charge is 0.312 e. The van der Waals surface area contributed by atoms with E-state index in [9.17, 15) is 0 Å². The fourth-order valence-electron chi connectivity index (χ4n) is 3.09. The number of nitrogens with zero attached hydrogens (tertiary/aromatic N) is 2. The van der Waals surface area contributed by atoms with E-state index < -0.39 is 0 Å². The van der Waals surface area contributed by atoms with Gasteiger partial charge in [-0.2, -0.15) is 0 Å². The van der Waals surface area contributed by atoms with Gasteiger partial charge in [0.15, 0.2) is 0 Å². The van der Waals surface area contributed by atoms with E-state index in [0.29, 0.717) is 0 Å². The van der Waals surface area contributed by atoms with Gasteiger partial charge in [-0.3, -0.25) is 4.98 Å². The third kappa shape index (κ3) is 4.62. The van der Waals surface area contributed by atoms with Crippen LogP contribution < -0.4 is 5.32 Å². The second kappa shape index (κ2) is 8.94. The Hall–Kier alpha value is -3.48. The lowest BCUT2D eigenvalue weighted by Crippen LogP contribution is -2.16. The van der Waals surface area contributed by atoms with E-state index in [1.165, 1.54) is 16.5 Å². The van der Waals surface area contributed by atoms with Crippen molar-refractivity contribution in [1.29, 1.82) is 0 Å². The maximum atomic E-state index is 4.42. The van der Waals surface area contributed by atoms with Crippen LogP contribution >= 0.6 is 0 Å². The molecule has 1 N–H and O–H groups in total. The average Bonchev–Trinajstić information content (AvgIpc) is 2.77. The number of fused-ring (bicyclic) bond motifs is 1. The van der Waals surface area contributed by atoms with Crippen LogP contribution in [0.4, 0.5) is 0 Å². The highest BCUT2D eigenvalue weighted by Crippen LogP contribution is 2.15. The molecule has 0 spiro atoms. The normalized spacial score (nSPS) is 10.4. The summed E-state index contributed by atoms with van der Waals surface area (Å²) < 4.78 is 0. The zero-order valence-corrected chi connectivity index (χ0v) is 15.6. The van der Waals surface area contributed by atoms with Crippen LogP contribution in [0.3, 0.4) is 0 Å². The van der Waals surface area contributed by atoms with Crippen molar-refractivity contribution in [3.05, 3.63) is 108 Å². The Morgan fingerprint density at radius 2 is 1.61 bits per heavy atom. The van der Waals surface area contributed by atoms with Crippen molar-refractivity contribution in [2.75, 3.05) is 6.54 Å². The van der Waals surface area contributed by atoms with E-state index in [1.54, 1.807) is 6.20 Å². The molecule has 2 aromatic carbocycles. The highest BCUT2D eigenvalue weighted by molar-refractivity contribution is 5.81. The van der Waals surface area contributed by atoms with E-state index in [0.717, 1.165) is 36.3 Å². The first kappa shape index (κ1) is 17.9. The molecule has 0 fully saturated rings. The Kier molecular flexibility index (Phi) is 5.72. The molecule has 0 aliphatic heterocycles. The van der Waals surface area contributed by atoms with Gasteiger partial charge in [0.1, 0.15) is 5.69 Å². The molecule has 0 aliphatic carbocycles. The molecule has 0 saturated carbocycles. The summed E-state index contributed by atoms with van der Waals surface area (Å²) in [5.41, 5.74) is 5.43. The minimum absolute atomic E-state index is 0.791. The zero-order chi connectivity index (χ0) is 19.0. The number of hydrogen-bond acceptors (Lipinski definition) is 3. The van der Waals surface area contributed by atoms with E-state index in [2.05, 4.69) is 75.7 Å². The van der Waals surface area contributed by atoms with Crippen molar-refractivity contribution >= 4 is 10.9 Å². The van der Waals surface area contributed by atoms with Crippen molar-refractivity contribution < 1.29 is 0 Å². The lowest BCUT2D eigenvalue weighted by Gasteiger charge is -2.08. The molecule has 0 saturated heterocycles. The number of benzene rings is 2. The average molecular weight is 363 g/mol. The Bertz CT molecular complexity index is 1100. The predicted molar refractivity (Wildman–Crippen MR) is 114 cm³/mol. The van der Waals surface area contributed by atoms with Crippen LogP contribution in [-0.2, 0) is 13.0 Å². The molecule has 0 bridgehead atoms. The Labute approximate surface area is 165 Å². The number of aromatic nitrogens is 2. The minimum Gasteiger partial charge on any atom is -0.312 e. The monoisotopic (exact) mass is 363 g/mol. The molecule has 0 radical (unpaired) electrons. The molecular formula is C25H21N3. The standard InChI is InChI=1S/C25H21N3/c1-2-7-25-24(6-1)22(15-18-28-25)19-26-17-14-21-10-8-20(9-11-21)12-13-23-5-3-4-16-27-23/h1-11,15-16,18,26H,14,17,19H2. The number of pyridine rings is 2. The van der Waals surface area contributed by atoms with Crippen molar-refractivity contribution in [3.8, 4) is 11.8 Å². The van der Waals surface area contributed by atoms with Crippen molar-refractivity contribution in [2.24, 2.45) is 0 Å². The van der Waals surface area contributed by atoms with Crippen LogP contribution in [0.15, 0.2) is 85.2 Å². The lowest BCUT2D eigenvalue weighted by atomic mass is 10.1. The van der Waals surface area contributed by atoms with Crippen molar-refractivity contribution in [2.45, 2.75) is 13.0 Å². The molecule has 4 rings (SSSR count). The molecule has 136 valence electrons. The summed E-state index contributed by atoms with van der Waals surface area (Å²) in [5, 5.41) is 4.76. The van der Waals surface area contributed by atoms with E-state index in [4.69, 9.17) is 0 Å². The lowest BCUT2D eigenvalue weighted by molar-refractivity contribution is 0.689. The first-order chi connectivity index (χ1) is 13.9. The summed E-state index contributed by atoms with van der Waals surface area (Å²) in [7, 11) is 0. The van der Waals surface area contributed by atoms with Gasteiger partial charge in [-0.25, -0.2) is 4.98 Å². The molecule has 2 heterocycles. The fraction of sp³-hybridized carbons (Fsp3) is 0.120. The summed E-state index contributed by atoms with van der Waals surface area (Å²) in [6.45, 7) is 1.77. The van der Waals surface area contributed by atoms with Gasteiger partial charge in [0.05, 0.1) is 5.52 Å². The molecule has 28 heavy (non-hydrogen) atoms. The summed E-state index contributed by atoms with van der Waals surface area (Å²) in [5.74, 6) is 6.25. The first-order valence-electron chi connectivity index (χ1n) is 9.44. The summed E-state index contributed by atoms with van der Waals surface area (Å²) in [4.78, 5) is 8.64. The smallest absolute Gasteiger partial charge is 0.113 e. The molecule has 0 unspecified atom stereocenters. The van der Waals surface area contributed by atoms with Crippen LogP contribution in [0, 0.1) is 11.8 Å².